The van der Waals surface area contributed by atoms with Gasteiger partial charge in [0.25, 0.3) is 0 Å². The molecule has 1 fully saturated rings. The Morgan fingerprint density at radius 2 is 1.81 bits per heavy atom. The van der Waals surface area contributed by atoms with Gasteiger partial charge in [0, 0.05) is 50.4 Å². The predicted octanol–water partition coefficient (Wildman–Crippen LogP) is 0.882. The minimum atomic E-state index is 0.462. The van der Waals surface area contributed by atoms with E-state index in [1.54, 1.807) is 21.3 Å². The lowest BCUT2D eigenvalue weighted by atomic mass is 10.1. The number of nitrogens with two attached hydrogens (primary N) is 1. The largest absolute Gasteiger partial charge is 0.496 e. The lowest BCUT2D eigenvalue weighted by molar-refractivity contribution is 0.0377. The molecule has 0 saturated carbocycles. The molecule has 8 nitrogen and oxygen atoms in total. The fourth-order valence-electron chi connectivity index (χ4n) is 3.01. The van der Waals surface area contributed by atoms with Crippen LogP contribution >= 0.6 is 0 Å². The number of hydrogen-bond donors (Lipinski definition) is 2. The van der Waals surface area contributed by atoms with Gasteiger partial charge in [-0.3, -0.25) is 9.89 Å². The van der Waals surface area contributed by atoms with E-state index in [-0.39, 0.29) is 0 Å². The number of hydrogen-bond acceptors (Lipinski definition) is 6. The number of ether oxygens (including phenoxy) is 4. The van der Waals surface area contributed by atoms with Gasteiger partial charge in [-0.25, -0.2) is 0 Å². The number of morpholine rings is 1. The van der Waals surface area contributed by atoms with Crippen LogP contribution in [-0.4, -0.2) is 78.1 Å². The van der Waals surface area contributed by atoms with Crippen molar-refractivity contribution >= 4 is 5.96 Å². The van der Waals surface area contributed by atoms with Crippen molar-refractivity contribution in [2.75, 3.05) is 67.3 Å². The normalized spacial score (nSPS) is 15.4. The van der Waals surface area contributed by atoms with Crippen molar-refractivity contribution in [1.29, 1.82) is 0 Å². The summed E-state index contributed by atoms with van der Waals surface area (Å²) >= 11 is 0. The van der Waals surface area contributed by atoms with Gasteiger partial charge < -0.3 is 30.0 Å². The molecule has 1 aliphatic heterocycles. The fourth-order valence-corrected chi connectivity index (χ4v) is 3.01. The van der Waals surface area contributed by atoms with E-state index in [9.17, 15) is 0 Å². The average molecular weight is 380 g/mol. The first-order chi connectivity index (χ1) is 13.2. The second-order valence-corrected chi connectivity index (χ2v) is 6.26. The molecule has 1 aliphatic rings. The second kappa shape index (κ2) is 11.5. The van der Waals surface area contributed by atoms with Crippen LogP contribution in [0.5, 0.6) is 17.2 Å². The van der Waals surface area contributed by atoms with E-state index in [0.29, 0.717) is 31.2 Å². The maximum absolute atomic E-state index is 5.97. The molecule has 1 aromatic rings. The third-order valence-corrected chi connectivity index (χ3v) is 4.52. The Morgan fingerprint density at radius 1 is 1.15 bits per heavy atom. The number of nitrogens with zero attached hydrogens (tertiary/aromatic N) is 2. The summed E-state index contributed by atoms with van der Waals surface area (Å²) in [4.78, 5) is 6.79. The van der Waals surface area contributed by atoms with Crippen LogP contribution < -0.4 is 25.3 Å². The van der Waals surface area contributed by atoms with E-state index in [1.807, 2.05) is 12.1 Å². The molecular formula is C19H32N4O4. The molecule has 0 aliphatic carbocycles. The Morgan fingerprint density at radius 3 is 2.41 bits per heavy atom. The Hall–Kier alpha value is -2.19. The Kier molecular flexibility index (Phi) is 9.00. The topological polar surface area (TPSA) is 90.6 Å². The summed E-state index contributed by atoms with van der Waals surface area (Å²) in [6.07, 6.45) is 1.68. The number of aliphatic imine (C=N–C) groups is 1. The maximum Gasteiger partial charge on any atom is 0.188 e. The van der Waals surface area contributed by atoms with Crippen LogP contribution in [-0.2, 0) is 11.2 Å². The third kappa shape index (κ3) is 6.80. The summed E-state index contributed by atoms with van der Waals surface area (Å²) in [5.41, 5.74) is 6.93. The number of methoxy groups -OCH3 is 3. The molecule has 1 heterocycles. The molecule has 8 heteroatoms. The molecule has 1 aromatic carbocycles. The third-order valence-electron chi connectivity index (χ3n) is 4.52. The molecule has 0 amide bonds. The molecule has 0 aromatic heterocycles. The van der Waals surface area contributed by atoms with E-state index in [4.69, 9.17) is 24.7 Å². The molecule has 0 spiro atoms. The summed E-state index contributed by atoms with van der Waals surface area (Å²) in [5, 5.41) is 3.15. The monoisotopic (exact) mass is 380 g/mol. The first-order valence-electron chi connectivity index (χ1n) is 9.30. The lowest BCUT2D eigenvalue weighted by Gasteiger charge is -2.26. The fraction of sp³-hybridized carbons (Fsp3) is 0.632. The van der Waals surface area contributed by atoms with Gasteiger partial charge in [0.2, 0.25) is 0 Å². The Bertz CT molecular complexity index is 578. The van der Waals surface area contributed by atoms with Gasteiger partial charge in [-0.2, -0.15) is 0 Å². The highest BCUT2D eigenvalue weighted by Gasteiger charge is 2.13. The van der Waals surface area contributed by atoms with Gasteiger partial charge in [-0.15, -0.1) is 0 Å². The molecule has 3 N–H and O–H groups in total. The Balaban J connectivity index is 1.77. The highest BCUT2D eigenvalue weighted by Crippen LogP contribution is 2.34. The summed E-state index contributed by atoms with van der Waals surface area (Å²) in [5.74, 6) is 2.62. The van der Waals surface area contributed by atoms with E-state index >= 15 is 0 Å². The van der Waals surface area contributed by atoms with Crippen molar-refractivity contribution in [2.45, 2.75) is 12.8 Å². The van der Waals surface area contributed by atoms with Crippen molar-refractivity contribution in [3.8, 4) is 17.2 Å². The number of benzene rings is 1. The Labute approximate surface area is 161 Å². The highest BCUT2D eigenvalue weighted by molar-refractivity contribution is 5.77. The van der Waals surface area contributed by atoms with E-state index in [0.717, 1.165) is 56.3 Å². The standard InChI is InChI=1S/C19H32N4O4/c1-24-15-13-17(25-2)16(18(14-15)26-3)5-7-22-19(20)21-6-4-8-23-9-11-27-12-10-23/h13-14H,4-12H2,1-3H3,(H3,20,21,22). The summed E-state index contributed by atoms with van der Waals surface area (Å²) < 4.78 is 21.5. The van der Waals surface area contributed by atoms with Crippen molar-refractivity contribution in [1.82, 2.24) is 10.2 Å². The zero-order valence-electron chi connectivity index (χ0n) is 16.6. The predicted molar refractivity (Wildman–Crippen MR) is 106 cm³/mol. The quantitative estimate of drug-likeness (QED) is 0.354. The molecule has 0 bridgehead atoms. The average Bonchev–Trinajstić information content (AvgIpc) is 2.71. The number of rotatable bonds is 10. The van der Waals surface area contributed by atoms with E-state index < -0.39 is 0 Å². The smallest absolute Gasteiger partial charge is 0.188 e. The zero-order chi connectivity index (χ0) is 19.5. The number of guanidine groups is 1. The molecule has 0 radical (unpaired) electrons. The molecule has 2 rings (SSSR count). The van der Waals surface area contributed by atoms with Gasteiger partial charge >= 0.3 is 0 Å². The van der Waals surface area contributed by atoms with Gasteiger partial charge in [-0.1, -0.05) is 0 Å². The molecule has 1 saturated heterocycles. The lowest BCUT2D eigenvalue weighted by Crippen LogP contribution is -2.37. The SMILES string of the molecule is COc1cc(OC)c(CCNC(N)=NCCCN2CCOCC2)c(OC)c1. The summed E-state index contributed by atoms with van der Waals surface area (Å²) in [6.45, 7) is 6.03. The highest BCUT2D eigenvalue weighted by atomic mass is 16.5. The van der Waals surface area contributed by atoms with E-state index in [1.165, 1.54) is 0 Å². The summed E-state index contributed by atoms with van der Waals surface area (Å²) in [6, 6.07) is 3.70. The van der Waals surface area contributed by atoms with Crippen molar-refractivity contribution in [2.24, 2.45) is 10.7 Å². The summed E-state index contributed by atoms with van der Waals surface area (Å²) in [7, 11) is 4.89. The van der Waals surface area contributed by atoms with Crippen LogP contribution in [0.25, 0.3) is 0 Å². The van der Waals surface area contributed by atoms with Gasteiger partial charge in [-0.05, 0) is 12.8 Å². The first-order valence-corrected chi connectivity index (χ1v) is 9.30. The molecule has 0 atom stereocenters. The van der Waals surface area contributed by atoms with Crippen LogP contribution in [0.3, 0.4) is 0 Å². The van der Waals surface area contributed by atoms with Crippen LogP contribution in [0.15, 0.2) is 17.1 Å². The second-order valence-electron chi connectivity index (χ2n) is 6.26. The van der Waals surface area contributed by atoms with Gasteiger partial charge in [0.15, 0.2) is 5.96 Å². The maximum atomic E-state index is 5.97. The van der Waals surface area contributed by atoms with Crippen LogP contribution in [0.2, 0.25) is 0 Å². The van der Waals surface area contributed by atoms with Crippen molar-refractivity contribution in [3.05, 3.63) is 17.7 Å². The molecule has 0 unspecified atom stereocenters. The molecule has 152 valence electrons. The van der Waals surface area contributed by atoms with Gasteiger partial charge in [0.05, 0.1) is 34.5 Å². The van der Waals surface area contributed by atoms with Crippen molar-refractivity contribution in [3.63, 3.8) is 0 Å². The van der Waals surface area contributed by atoms with E-state index in [2.05, 4.69) is 15.2 Å². The minimum Gasteiger partial charge on any atom is -0.496 e. The molecular weight excluding hydrogens is 348 g/mol. The van der Waals surface area contributed by atoms with Crippen molar-refractivity contribution < 1.29 is 18.9 Å². The first kappa shape index (κ1) is 21.1. The van der Waals surface area contributed by atoms with Crippen LogP contribution in [0, 0.1) is 0 Å². The van der Waals surface area contributed by atoms with Gasteiger partial charge in [0.1, 0.15) is 17.2 Å². The number of nitrogens with one attached hydrogen (secondary N) is 1. The zero-order valence-corrected chi connectivity index (χ0v) is 16.6. The van der Waals surface area contributed by atoms with Crippen LogP contribution in [0.4, 0.5) is 0 Å². The van der Waals surface area contributed by atoms with Crippen LogP contribution in [0.1, 0.15) is 12.0 Å². The minimum absolute atomic E-state index is 0.462. The molecule has 27 heavy (non-hydrogen) atoms.